The van der Waals surface area contributed by atoms with E-state index in [1.165, 1.54) is 31.2 Å². The summed E-state index contributed by atoms with van der Waals surface area (Å²) in [5, 5.41) is 2.39. The minimum absolute atomic E-state index is 0.00183. The molecule has 156 valence electrons. The number of carbonyl (C=O) groups excluding carboxylic acids is 2. The number of hydrogen-bond acceptors (Lipinski definition) is 4. The quantitative estimate of drug-likeness (QED) is 0.736. The first-order valence-electron chi connectivity index (χ1n) is 8.18. The average Bonchev–Trinajstić information content (AvgIpc) is 2.60. The van der Waals surface area contributed by atoms with E-state index in [-0.39, 0.29) is 16.9 Å². The molecule has 2 aromatic rings. The van der Waals surface area contributed by atoms with Gasteiger partial charge in [-0.2, -0.15) is 13.2 Å². The number of alkyl halides is 3. The molecule has 7 nitrogen and oxygen atoms in total. The molecule has 11 heteroatoms. The summed E-state index contributed by atoms with van der Waals surface area (Å²) in [5.41, 5.74) is 3.90. The molecule has 0 saturated carbocycles. The van der Waals surface area contributed by atoms with Gasteiger partial charge in [-0.3, -0.25) is 13.9 Å². The van der Waals surface area contributed by atoms with E-state index in [0.29, 0.717) is 10.4 Å². The molecule has 0 fully saturated rings. The number of amides is 2. The average molecular weight is 429 g/mol. The lowest BCUT2D eigenvalue weighted by molar-refractivity contribution is -0.137. The number of benzene rings is 2. The predicted octanol–water partition coefficient (Wildman–Crippen LogP) is 2.60. The van der Waals surface area contributed by atoms with Crippen LogP contribution in [0.3, 0.4) is 0 Å². The summed E-state index contributed by atoms with van der Waals surface area (Å²) < 4.78 is 64.1. The number of nitrogens with zero attached hydrogens (tertiary/aromatic N) is 1. The number of nitrogens with two attached hydrogens (primary N) is 1. The van der Waals surface area contributed by atoms with Crippen LogP contribution in [0.4, 0.5) is 24.5 Å². The van der Waals surface area contributed by atoms with Gasteiger partial charge in [0.15, 0.2) is 0 Å². The Hall–Kier alpha value is -3.08. The SMILES string of the molecule is C[C@H](C(=O)Nc1ccccc1C(N)=O)N(c1cccc(C(F)(F)F)c1)S(C)(=O)=O. The molecule has 2 aromatic carbocycles. The van der Waals surface area contributed by atoms with Crippen LogP contribution < -0.4 is 15.4 Å². The van der Waals surface area contributed by atoms with Crippen molar-refractivity contribution in [3.05, 3.63) is 59.7 Å². The van der Waals surface area contributed by atoms with Crippen molar-refractivity contribution in [3.8, 4) is 0 Å². The molecule has 0 bridgehead atoms. The third kappa shape index (κ3) is 5.25. The first-order chi connectivity index (χ1) is 13.3. The Bertz CT molecular complexity index is 1040. The Morgan fingerprint density at radius 2 is 1.72 bits per heavy atom. The second-order valence-electron chi connectivity index (χ2n) is 6.18. The van der Waals surface area contributed by atoms with Gasteiger partial charge in [0, 0.05) is 0 Å². The maximum Gasteiger partial charge on any atom is 0.416 e. The molecule has 0 aliphatic heterocycles. The maximum atomic E-state index is 13.0. The van der Waals surface area contributed by atoms with Crippen molar-refractivity contribution in [2.45, 2.75) is 19.1 Å². The molecule has 0 aliphatic carbocycles. The highest BCUT2D eigenvalue weighted by Gasteiger charge is 2.34. The minimum atomic E-state index is -4.69. The fourth-order valence-corrected chi connectivity index (χ4v) is 3.84. The predicted molar refractivity (Wildman–Crippen MR) is 102 cm³/mol. The summed E-state index contributed by atoms with van der Waals surface area (Å²) >= 11 is 0. The van der Waals surface area contributed by atoms with Crippen molar-refractivity contribution < 1.29 is 31.2 Å². The Morgan fingerprint density at radius 1 is 1.10 bits per heavy atom. The number of carbonyl (C=O) groups is 2. The van der Waals surface area contributed by atoms with Crippen molar-refractivity contribution >= 4 is 33.2 Å². The van der Waals surface area contributed by atoms with Crippen molar-refractivity contribution in [3.63, 3.8) is 0 Å². The van der Waals surface area contributed by atoms with Gasteiger partial charge in [-0.15, -0.1) is 0 Å². The molecule has 0 spiro atoms. The number of para-hydroxylation sites is 1. The molecule has 1 atom stereocenters. The number of rotatable bonds is 6. The molecule has 0 aromatic heterocycles. The second-order valence-corrected chi connectivity index (χ2v) is 8.04. The van der Waals surface area contributed by atoms with E-state index >= 15 is 0 Å². The summed E-state index contributed by atoms with van der Waals surface area (Å²) in [5.74, 6) is -1.67. The smallest absolute Gasteiger partial charge is 0.366 e. The zero-order chi connectivity index (χ0) is 22.0. The van der Waals surface area contributed by atoms with E-state index in [2.05, 4.69) is 5.32 Å². The molecule has 0 aliphatic rings. The maximum absolute atomic E-state index is 13.0. The van der Waals surface area contributed by atoms with Gasteiger partial charge in [0.05, 0.1) is 28.8 Å². The topological polar surface area (TPSA) is 110 Å². The molecule has 0 saturated heterocycles. The molecule has 2 rings (SSSR count). The van der Waals surface area contributed by atoms with E-state index in [0.717, 1.165) is 24.5 Å². The molecule has 29 heavy (non-hydrogen) atoms. The molecule has 3 N–H and O–H groups in total. The van der Waals surface area contributed by atoms with Gasteiger partial charge in [0.1, 0.15) is 6.04 Å². The third-order valence-corrected chi connectivity index (χ3v) is 5.21. The van der Waals surface area contributed by atoms with E-state index in [9.17, 15) is 31.2 Å². The highest BCUT2D eigenvalue weighted by atomic mass is 32.2. The van der Waals surface area contributed by atoms with Crippen LogP contribution in [-0.4, -0.2) is 32.5 Å². The molecule has 0 radical (unpaired) electrons. The first kappa shape index (κ1) is 22.2. The summed E-state index contributed by atoms with van der Waals surface area (Å²) in [6.45, 7) is 1.21. The third-order valence-electron chi connectivity index (χ3n) is 3.97. The van der Waals surface area contributed by atoms with E-state index in [1.54, 1.807) is 0 Å². The molecular formula is C18H18F3N3O4S. The monoisotopic (exact) mass is 429 g/mol. The molecule has 2 amide bonds. The minimum Gasteiger partial charge on any atom is -0.366 e. The molecular weight excluding hydrogens is 411 g/mol. The van der Waals surface area contributed by atoms with Crippen LogP contribution in [0.25, 0.3) is 0 Å². The summed E-state index contributed by atoms with van der Waals surface area (Å²) in [4.78, 5) is 24.1. The van der Waals surface area contributed by atoms with Gasteiger partial charge in [-0.05, 0) is 37.3 Å². The van der Waals surface area contributed by atoms with Crippen LogP contribution in [0, 0.1) is 0 Å². The number of halogens is 3. The van der Waals surface area contributed by atoms with E-state index in [4.69, 9.17) is 5.73 Å². The Morgan fingerprint density at radius 3 is 2.28 bits per heavy atom. The van der Waals surface area contributed by atoms with Crippen LogP contribution in [-0.2, 0) is 21.0 Å². The van der Waals surface area contributed by atoms with Gasteiger partial charge < -0.3 is 11.1 Å². The molecule has 0 heterocycles. The van der Waals surface area contributed by atoms with Crippen molar-refractivity contribution in [2.24, 2.45) is 5.73 Å². The summed E-state index contributed by atoms with van der Waals surface area (Å²) in [6.07, 6.45) is -3.92. The Kier molecular flexibility index (Phi) is 6.21. The molecule has 0 unspecified atom stereocenters. The van der Waals surface area contributed by atoms with Crippen LogP contribution in [0.1, 0.15) is 22.8 Å². The lowest BCUT2D eigenvalue weighted by Gasteiger charge is -2.29. The number of anilines is 2. The summed E-state index contributed by atoms with van der Waals surface area (Å²) in [6, 6.07) is 8.00. The zero-order valence-corrected chi connectivity index (χ0v) is 16.2. The highest BCUT2D eigenvalue weighted by molar-refractivity contribution is 7.92. The van der Waals surface area contributed by atoms with Crippen LogP contribution >= 0.6 is 0 Å². The first-order valence-corrected chi connectivity index (χ1v) is 10.0. The number of sulfonamides is 1. The Labute approximate surface area is 165 Å². The zero-order valence-electron chi connectivity index (χ0n) is 15.4. The lowest BCUT2D eigenvalue weighted by Crippen LogP contribution is -2.45. The number of nitrogens with one attached hydrogen (secondary N) is 1. The van der Waals surface area contributed by atoms with Crippen LogP contribution in [0.15, 0.2) is 48.5 Å². The summed E-state index contributed by atoms with van der Waals surface area (Å²) in [7, 11) is -4.13. The highest BCUT2D eigenvalue weighted by Crippen LogP contribution is 2.33. The second kappa shape index (κ2) is 8.11. The number of hydrogen-bond donors (Lipinski definition) is 2. The normalized spacial score (nSPS) is 12.9. The van der Waals surface area contributed by atoms with Crippen LogP contribution in [0.5, 0.6) is 0 Å². The number of primary amides is 1. The van der Waals surface area contributed by atoms with Gasteiger partial charge in [-0.25, -0.2) is 8.42 Å². The van der Waals surface area contributed by atoms with Crippen LogP contribution in [0.2, 0.25) is 0 Å². The van der Waals surface area contributed by atoms with Crippen molar-refractivity contribution in [1.29, 1.82) is 0 Å². The van der Waals surface area contributed by atoms with E-state index < -0.39 is 39.6 Å². The fourth-order valence-electron chi connectivity index (χ4n) is 2.67. The van der Waals surface area contributed by atoms with Gasteiger partial charge in [-0.1, -0.05) is 18.2 Å². The Balaban J connectivity index is 2.42. The van der Waals surface area contributed by atoms with Crippen molar-refractivity contribution in [1.82, 2.24) is 0 Å². The van der Waals surface area contributed by atoms with Gasteiger partial charge >= 0.3 is 6.18 Å². The van der Waals surface area contributed by atoms with E-state index in [1.807, 2.05) is 0 Å². The lowest BCUT2D eigenvalue weighted by atomic mass is 10.1. The van der Waals surface area contributed by atoms with Gasteiger partial charge in [0.2, 0.25) is 15.9 Å². The van der Waals surface area contributed by atoms with Gasteiger partial charge in [0.25, 0.3) is 5.91 Å². The van der Waals surface area contributed by atoms with Crippen molar-refractivity contribution in [2.75, 3.05) is 15.9 Å². The standard InChI is InChI=1S/C18H18F3N3O4S/c1-11(17(26)23-15-9-4-3-8-14(15)16(22)25)24(29(2,27)28)13-7-5-6-12(10-13)18(19,20)21/h3-11H,1-2H3,(H2,22,25)(H,23,26)/t11-/m1/s1. The largest absolute Gasteiger partial charge is 0.416 e. The fraction of sp³-hybridized carbons (Fsp3) is 0.222.